The van der Waals surface area contributed by atoms with Crippen LogP contribution in [0.25, 0.3) is 0 Å². The minimum atomic E-state index is -0.530. The number of hydrogen-bond donors (Lipinski definition) is 2. The van der Waals surface area contributed by atoms with Crippen molar-refractivity contribution in [1.82, 2.24) is 9.97 Å². The lowest BCUT2D eigenvalue weighted by atomic mass is 10.2. The third-order valence-corrected chi connectivity index (χ3v) is 2.96. The zero-order chi connectivity index (χ0) is 14.8. The first kappa shape index (κ1) is 13.0. The van der Waals surface area contributed by atoms with Crippen LogP contribution in [-0.2, 0) is 4.79 Å². The van der Waals surface area contributed by atoms with Gasteiger partial charge in [0.2, 0.25) is 0 Å². The third kappa shape index (κ3) is 2.66. The molecule has 0 aliphatic carbocycles. The Morgan fingerprint density at radius 2 is 2.24 bits per heavy atom. The highest BCUT2D eigenvalue weighted by Gasteiger charge is 2.23. The number of carbonyl (C=O) groups excluding carboxylic acids is 2. The Labute approximate surface area is 120 Å². The Kier molecular flexibility index (Phi) is 3.23. The molecule has 3 rings (SSSR count). The first-order chi connectivity index (χ1) is 10.1. The summed E-state index contributed by atoms with van der Waals surface area (Å²) in [5.74, 6) is -0.0287. The van der Waals surface area contributed by atoms with Crippen molar-refractivity contribution in [2.24, 2.45) is 0 Å². The SMILES string of the molecule is CC1Oc2ccc(NC(=O)c3cnccn3)cc2NC1=O. The molecule has 2 N–H and O–H groups in total. The van der Waals surface area contributed by atoms with Crippen LogP contribution in [0.4, 0.5) is 11.4 Å². The Morgan fingerprint density at radius 1 is 1.38 bits per heavy atom. The molecule has 7 heteroatoms. The molecule has 1 aromatic heterocycles. The zero-order valence-electron chi connectivity index (χ0n) is 11.2. The van der Waals surface area contributed by atoms with Crippen LogP contribution in [0.2, 0.25) is 0 Å². The van der Waals surface area contributed by atoms with E-state index in [1.165, 1.54) is 18.6 Å². The molecule has 0 saturated heterocycles. The summed E-state index contributed by atoms with van der Waals surface area (Å²) in [6.45, 7) is 1.67. The Balaban J connectivity index is 1.80. The Hall–Kier alpha value is -2.96. The number of aromatic nitrogens is 2. The normalized spacial score (nSPS) is 16.4. The maximum atomic E-state index is 12.0. The van der Waals surface area contributed by atoms with E-state index in [4.69, 9.17) is 4.74 Å². The van der Waals surface area contributed by atoms with Crippen LogP contribution in [0.3, 0.4) is 0 Å². The molecule has 1 atom stereocenters. The molecule has 1 aliphatic rings. The molecule has 21 heavy (non-hydrogen) atoms. The first-order valence-electron chi connectivity index (χ1n) is 6.32. The van der Waals surface area contributed by atoms with Gasteiger partial charge in [-0.3, -0.25) is 14.6 Å². The fraction of sp³-hybridized carbons (Fsp3) is 0.143. The van der Waals surface area contributed by atoms with Gasteiger partial charge in [-0.1, -0.05) is 0 Å². The van der Waals surface area contributed by atoms with Gasteiger partial charge in [-0.05, 0) is 25.1 Å². The number of carbonyl (C=O) groups is 2. The molecule has 2 heterocycles. The molecule has 0 bridgehead atoms. The van der Waals surface area contributed by atoms with Gasteiger partial charge < -0.3 is 15.4 Å². The molecule has 1 unspecified atom stereocenters. The first-order valence-corrected chi connectivity index (χ1v) is 6.32. The van der Waals surface area contributed by atoms with Gasteiger partial charge in [0.15, 0.2) is 6.10 Å². The number of amides is 2. The zero-order valence-corrected chi connectivity index (χ0v) is 11.2. The summed E-state index contributed by atoms with van der Waals surface area (Å²) >= 11 is 0. The predicted octanol–water partition coefficient (Wildman–Crippen LogP) is 1.45. The van der Waals surface area contributed by atoms with E-state index in [1.807, 2.05) is 0 Å². The van der Waals surface area contributed by atoms with E-state index in [2.05, 4.69) is 20.6 Å². The third-order valence-electron chi connectivity index (χ3n) is 2.96. The lowest BCUT2D eigenvalue weighted by Gasteiger charge is -2.23. The van der Waals surface area contributed by atoms with Crippen LogP contribution in [-0.4, -0.2) is 27.9 Å². The van der Waals surface area contributed by atoms with Crippen LogP contribution in [0, 0.1) is 0 Å². The second-order valence-electron chi connectivity index (χ2n) is 4.51. The second-order valence-corrected chi connectivity index (χ2v) is 4.51. The van der Waals surface area contributed by atoms with Gasteiger partial charge in [0.1, 0.15) is 11.4 Å². The van der Waals surface area contributed by atoms with Gasteiger partial charge in [-0.25, -0.2) is 4.98 Å². The van der Waals surface area contributed by atoms with Gasteiger partial charge in [0, 0.05) is 18.1 Å². The van der Waals surface area contributed by atoms with Crippen molar-refractivity contribution in [2.45, 2.75) is 13.0 Å². The summed E-state index contributed by atoms with van der Waals surface area (Å²) in [6.07, 6.45) is 3.78. The van der Waals surface area contributed by atoms with Gasteiger partial charge in [0.05, 0.1) is 11.9 Å². The number of nitrogens with zero attached hydrogens (tertiary/aromatic N) is 2. The molecule has 2 amide bonds. The van der Waals surface area contributed by atoms with Crippen molar-refractivity contribution < 1.29 is 14.3 Å². The van der Waals surface area contributed by atoms with Gasteiger partial charge in [-0.15, -0.1) is 0 Å². The van der Waals surface area contributed by atoms with Crippen molar-refractivity contribution in [3.8, 4) is 5.75 Å². The van der Waals surface area contributed by atoms with Crippen molar-refractivity contribution in [2.75, 3.05) is 10.6 Å². The fourth-order valence-corrected chi connectivity index (χ4v) is 1.90. The van der Waals surface area contributed by atoms with E-state index < -0.39 is 6.10 Å². The largest absolute Gasteiger partial charge is 0.479 e. The maximum Gasteiger partial charge on any atom is 0.275 e. The lowest BCUT2D eigenvalue weighted by molar-refractivity contribution is -0.122. The topological polar surface area (TPSA) is 93.2 Å². The van der Waals surface area contributed by atoms with E-state index in [9.17, 15) is 9.59 Å². The smallest absolute Gasteiger partial charge is 0.275 e. The van der Waals surface area contributed by atoms with Crippen LogP contribution < -0.4 is 15.4 Å². The maximum absolute atomic E-state index is 12.0. The minimum Gasteiger partial charge on any atom is -0.479 e. The predicted molar refractivity (Wildman–Crippen MR) is 75.1 cm³/mol. The monoisotopic (exact) mass is 284 g/mol. The highest BCUT2D eigenvalue weighted by molar-refractivity contribution is 6.04. The van der Waals surface area contributed by atoms with Crippen molar-refractivity contribution in [1.29, 1.82) is 0 Å². The van der Waals surface area contributed by atoms with Gasteiger partial charge in [0.25, 0.3) is 11.8 Å². The highest BCUT2D eigenvalue weighted by Crippen LogP contribution is 2.32. The van der Waals surface area contributed by atoms with Crippen molar-refractivity contribution in [3.63, 3.8) is 0 Å². The number of nitrogens with one attached hydrogen (secondary N) is 2. The van der Waals surface area contributed by atoms with Gasteiger partial charge >= 0.3 is 0 Å². The number of benzene rings is 1. The molecule has 0 radical (unpaired) electrons. The molecule has 0 spiro atoms. The van der Waals surface area contributed by atoms with E-state index in [0.717, 1.165) is 0 Å². The molecule has 106 valence electrons. The average molecular weight is 284 g/mol. The Bertz CT molecular complexity index is 703. The summed E-state index contributed by atoms with van der Waals surface area (Å²) in [4.78, 5) is 31.3. The average Bonchev–Trinajstić information content (AvgIpc) is 2.49. The molecule has 0 fully saturated rings. The molecule has 0 saturated carbocycles. The number of hydrogen-bond acceptors (Lipinski definition) is 5. The second kappa shape index (κ2) is 5.20. The van der Waals surface area contributed by atoms with Crippen LogP contribution in [0.15, 0.2) is 36.8 Å². The van der Waals surface area contributed by atoms with E-state index in [-0.39, 0.29) is 17.5 Å². The Morgan fingerprint density at radius 3 is 3.00 bits per heavy atom. The molecule has 1 aromatic carbocycles. The van der Waals surface area contributed by atoms with Crippen LogP contribution >= 0.6 is 0 Å². The lowest BCUT2D eigenvalue weighted by Crippen LogP contribution is -2.34. The molecular formula is C14H12N4O3. The molecule has 7 nitrogen and oxygen atoms in total. The van der Waals surface area contributed by atoms with E-state index >= 15 is 0 Å². The van der Waals surface area contributed by atoms with Crippen LogP contribution in [0.5, 0.6) is 5.75 Å². The molecule has 1 aliphatic heterocycles. The quantitative estimate of drug-likeness (QED) is 0.870. The number of anilines is 2. The molecule has 2 aromatic rings. The fourth-order valence-electron chi connectivity index (χ4n) is 1.90. The summed E-state index contributed by atoms with van der Waals surface area (Å²) in [5, 5.41) is 5.41. The minimum absolute atomic E-state index is 0.212. The van der Waals surface area contributed by atoms with Crippen molar-refractivity contribution >= 4 is 23.2 Å². The number of rotatable bonds is 2. The summed E-state index contributed by atoms with van der Waals surface area (Å²) in [7, 11) is 0. The van der Waals surface area contributed by atoms with Crippen molar-refractivity contribution in [3.05, 3.63) is 42.5 Å². The standard InChI is InChI=1S/C14H12N4O3/c1-8-13(19)18-10-6-9(2-3-12(10)21-8)17-14(20)11-7-15-4-5-16-11/h2-8H,1H3,(H,17,20)(H,18,19). The highest BCUT2D eigenvalue weighted by atomic mass is 16.5. The number of ether oxygens (including phenoxy) is 1. The van der Waals surface area contributed by atoms with E-state index in [1.54, 1.807) is 25.1 Å². The summed E-state index contributed by atoms with van der Waals surface area (Å²) in [6, 6.07) is 5.02. The summed E-state index contributed by atoms with van der Waals surface area (Å²) < 4.78 is 5.44. The van der Waals surface area contributed by atoms with E-state index in [0.29, 0.717) is 17.1 Å². The number of fused-ring (bicyclic) bond motifs is 1. The summed E-state index contributed by atoms with van der Waals surface area (Å²) in [5.41, 5.74) is 1.27. The van der Waals surface area contributed by atoms with Crippen LogP contribution in [0.1, 0.15) is 17.4 Å². The van der Waals surface area contributed by atoms with Gasteiger partial charge in [-0.2, -0.15) is 0 Å². The molecular weight excluding hydrogens is 272 g/mol.